The van der Waals surface area contributed by atoms with Crippen molar-refractivity contribution in [3.05, 3.63) is 0 Å². The quantitative estimate of drug-likeness (QED) is 0.609. The third kappa shape index (κ3) is 3.21. The zero-order chi connectivity index (χ0) is 8.10. The van der Waals surface area contributed by atoms with Crippen LogP contribution in [0.4, 0.5) is 0 Å². The number of rotatable bonds is 4. The first-order chi connectivity index (χ1) is 5.33. The minimum Gasteiger partial charge on any atom is -0.316 e. The van der Waals surface area contributed by atoms with Crippen LogP contribution in [0.3, 0.4) is 0 Å². The molecule has 1 N–H and O–H groups in total. The Balaban J connectivity index is 1.99. The predicted molar refractivity (Wildman–Crippen MR) is 48.8 cm³/mol. The Morgan fingerprint density at radius 1 is 1.55 bits per heavy atom. The molecule has 66 valence electrons. The maximum Gasteiger partial charge on any atom is 0.0107 e. The highest BCUT2D eigenvalue weighted by Crippen LogP contribution is 2.13. The van der Waals surface area contributed by atoms with Gasteiger partial charge in [-0.15, -0.1) is 0 Å². The van der Waals surface area contributed by atoms with Crippen LogP contribution in [0, 0.1) is 5.92 Å². The van der Waals surface area contributed by atoms with Gasteiger partial charge in [-0.25, -0.2) is 0 Å². The molecule has 0 aromatic carbocycles. The van der Waals surface area contributed by atoms with Crippen molar-refractivity contribution in [1.82, 2.24) is 10.2 Å². The van der Waals surface area contributed by atoms with Gasteiger partial charge in [0, 0.05) is 19.6 Å². The minimum atomic E-state index is 0.927. The van der Waals surface area contributed by atoms with Crippen LogP contribution in [0.5, 0.6) is 0 Å². The second-order valence-corrected chi connectivity index (χ2v) is 3.55. The molecule has 2 nitrogen and oxygen atoms in total. The molecule has 1 aliphatic rings. The van der Waals surface area contributed by atoms with Gasteiger partial charge < -0.3 is 10.2 Å². The van der Waals surface area contributed by atoms with Gasteiger partial charge in [-0.1, -0.05) is 13.8 Å². The van der Waals surface area contributed by atoms with E-state index in [4.69, 9.17) is 0 Å². The highest BCUT2D eigenvalue weighted by Gasteiger charge is 2.17. The molecule has 1 heterocycles. The summed E-state index contributed by atoms with van der Waals surface area (Å²) in [7, 11) is 0. The fraction of sp³-hybridized carbons (Fsp3) is 1.00. The Kier molecular flexibility index (Phi) is 3.87. The molecule has 0 aromatic heterocycles. The molecule has 0 bridgehead atoms. The summed E-state index contributed by atoms with van der Waals surface area (Å²) < 4.78 is 0. The molecule has 1 saturated heterocycles. The van der Waals surface area contributed by atoms with Crippen LogP contribution >= 0.6 is 0 Å². The molecule has 0 radical (unpaired) electrons. The Morgan fingerprint density at radius 3 is 2.91 bits per heavy atom. The zero-order valence-corrected chi connectivity index (χ0v) is 7.77. The molecular formula is C9H20N2. The Morgan fingerprint density at radius 2 is 2.36 bits per heavy atom. The smallest absolute Gasteiger partial charge is 0.0107 e. The van der Waals surface area contributed by atoms with Gasteiger partial charge in [0.25, 0.3) is 0 Å². The van der Waals surface area contributed by atoms with Crippen molar-refractivity contribution in [1.29, 1.82) is 0 Å². The standard InChI is InChI=1S/C9H20N2/c1-3-10-5-7-11-6-4-9(2)8-11/h9-10H,3-8H2,1-2H3/t9-/m1/s1. The summed E-state index contributed by atoms with van der Waals surface area (Å²) in [5.41, 5.74) is 0. The first kappa shape index (κ1) is 9.01. The van der Waals surface area contributed by atoms with E-state index in [1.54, 1.807) is 0 Å². The van der Waals surface area contributed by atoms with E-state index in [2.05, 4.69) is 24.1 Å². The number of likely N-dealkylation sites (N-methyl/N-ethyl adjacent to an activating group) is 1. The molecule has 2 heteroatoms. The largest absolute Gasteiger partial charge is 0.316 e. The fourth-order valence-corrected chi connectivity index (χ4v) is 1.64. The van der Waals surface area contributed by atoms with Crippen LogP contribution in [0.15, 0.2) is 0 Å². The van der Waals surface area contributed by atoms with Gasteiger partial charge in [-0.05, 0) is 25.4 Å². The topological polar surface area (TPSA) is 15.3 Å². The van der Waals surface area contributed by atoms with E-state index in [0.717, 1.165) is 19.0 Å². The van der Waals surface area contributed by atoms with Crippen LogP contribution < -0.4 is 5.32 Å². The summed E-state index contributed by atoms with van der Waals surface area (Å²) in [6, 6.07) is 0. The molecule has 0 aliphatic carbocycles. The molecule has 0 spiro atoms. The van der Waals surface area contributed by atoms with Crippen LogP contribution in [-0.4, -0.2) is 37.6 Å². The maximum absolute atomic E-state index is 3.35. The number of nitrogens with one attached hydrogen (secondary N) is 1. The second kappa shape index (κ2) is 4.73. The van der Waals surface area contributed by atoms with Gasteiger partial charge >= 0.3 is 0 Å². The summed E-state index contributed by atoms with van der Waals surface area (Å²) in [6.45, 7) is 10.6. The lowest BCUT2D eigenvalue weighted by Gasteiger charge is -2.14. The lowest BCUT2D eigenvalue weighted by molar-refractivity contribution is 0.327. The lowest BCUT2D eigenvalue weighted by Crippen LogP contribution is -2.30. The molecule has 0 saturated carbocycles. The summed E-state index contributed by atoms with van der Waals surface area (Å²) in [5.74, 6) is 0.927. The van der Waals surface area contributed by atoms with Crippen molar-refractivity contribution in [3.8, 4) is 0 Å². The van der Waals surface area contributed by atoms with E-state index < -0.39 is 0 Å². The summed E-state index contributed by atoms with van der Waals surface area (Å²) in [4.78, 5) is 2.55. The summed E-state index contributed by atoms with van der Waals surface area (Å²) in [6.07, 6.45) is 1.39. The van der Waals surface area contributed by atoms with E-state index in [1.807, 2.05) is 0 Å². The Bertz CT molecular complexity index is 104. The molecule has 0 aromatic rings. The molecule has 1 fully saturated rings. The molecule has 1 rings (SSSR count). The van der Waals surface area contributed by atoms with Gasteiger partial charge in [0.1, 0.15) is 0 Å². The van der Waals surface area contributed by atoms with Crippen molar-refractivity contribution in [2.24, 2.45) is 5.92 Å². The average molecular weight is 156 g/mol. The van der Waals surface area contributed by atoms with Crippen molar-refractivity contribution < 1.29 is 0 Å². The van der Waals surface area contributed by atoms with Crippen molar-refractivity contribution in [2.45, 2.75) is 20.3 Å². The molecule has 11 heavy (non-hydrogen) atoms. The Labute approximate surface area is 70.0 Å². The highest BCUT2D eigenvalue weighted by atomic mass is 15.2. The predicted octanol–water partition coefficient (Wildman–Crippen LogP) is 0.938. The lowest BCUT2D eigenvalue weighted by atomic mass is 10.2. The van der Waals surface area contributed by atoms with E-state index in [-0.39, 0.29) is 0 Å². The third-order valence-corrected chi connectivity index (χ3v) is 2.36. The molecule has 1 atom stereocenters. The highest BCUT2D eigenvalue weighted by molar-refractivity contribution is 4.72. The average Bonchev–Trinajstić information content (AvgIpc) is 2.37. The van der Waals surface area contributed by atoms with Gasteiger partial charge in [-0.2, -0.15) is 0 Å². The van der Waals surface area contributed by atoms with Crippen LogP contribution in [-0.2, 0) is 0 Å². The van der Waals surface area contributed by atoms with E-state index in [0.29, 0.717) is 0 Å². The van der Waals surface area contributed by atoms with Gasteiger partial charge in [0.05, 0.1) is 0 Å². The van der Waals surface area contributed by atoms with Crippen molar-refractivity contribution in [2.75, 3.05) is 32.7 Å². The normalized spacial score (nSPS) is 26.2. The Hall–Kier alpha value is -0.0800. The number of hydrogen-bond acceptors (Lipinski definition) is 2. The summed E-state index contributed by atoms with van der Waals surface area (Å²) >= 11 is 0. The first-order valence-corrected chi connectivity index (χ1v) is 4.76. The fourth-order valence-electron chi connectivity index (χ4n) is 1.64. The van der Waals surface area contributed by atoms with E-state index in [9.17, 15) is 0 Å². The van der Waals surface area contributed by atoms with Gasteiger partial charge in [0.2, 0.25) is 0 Å². The van der Waals surface area contributed by atoms with Crippen LogP contribution in [0.2, 0.25) is 0 Å². The number of nitrogens with zero attached hydrogens (tertiary/aromatic N) is 1. The zero-order valence-electron chi connectivity index (χ0n) is 7.77. The molecule has 1 aliphatic heterocycles. The van der Waals surface area contributed by atoms with Gasteiger partial charge in [-0.3, -0.25) is 0 Å². The molecular weight excluding hydrogens is 136 g/mol. The maximum atomic E-state index is 3.35. The molecule has 0 amide bonds. The number of likely N-dealkylation sites (tertiary alicyclic amines) is 1. The summed E-state index contributed by atoms with van der Waals surface area (Å²) in [5, 5.41) is 3.35. The van der Waals surface area contributed by atoms with Crippen molar-refractivity contribution >= 4 is 0 Å². The van der Waals surface area contributed by atoms with E-state index in [1.165, 1.54) is 26.1 Å². The van der Waals surface area contributed by atoms with Crippen molar-refractivity contribution in [3.63, 3.8) is 0 Å². The van der Waals surface area contributed by atoms with Crippen LogP contribution in [0.25, 0.3) is 0 Å². The SMILES string of the molecule is CCNCCN1CC[C@@H](C)C1. The van der Waals surface area contributed by atoms with Gasteiger partial charge in [0.15, 0.2) is 0 Å². The van der Waals surface area contributed by atoms with E-state index >= 15 is 0 Å². The molecule has 0 unspecified atom stereocenters. The second-order valence-electron chi connectivity index (χ2n) is 3.55. The monoisotopic (exact) mass is 156 g/mol. The van der Waals surface area contributed by atoms with Crippen LogP contribution in [0.1, 0.15) is 20.3 Å². The third-order valence-electron chi connectivity index (χ3n) is 2.36. The number of hydrogen-bond donors (Lipinski definition) is 1. The first-order valence-electron chi connectivity index (χ1n) is 4.76. The minimum absolute atomic E-state index is 0.927.